The Balaban J connectivity index is 1.35. The van der Waals surface area contributed by atoms with E-state index in [0.717, 1.165) is 50.5 Å². The minimum atomic E-state index is 0.0110. The van der Waals surface area contributed by atoms with Gasteiger partial charge in [-0.2, -0.15) is 0 Å². The molecule has 2 aliphatic heterocycles. The van der Waals surface area contributed by atoms with E-state index in [1.165, 1.54) is 27.8 Å². The molecule has 0 aromatic heterocycles. The van der Waals surface area contributed by atoms with Gasteiger partial charge in [-0.25, -0.2) is 0 Å². The average molecular weight is 512 g/mol. The molecule has 0 spiro atoms. The molecule has 0 radical (unpaired) electrons. The van der Waals surface area contributed by atoms with Gasteiger partial charge >= 0.3 is 0 Å². The van der Waals surface area contributed by atoms with Gasteiger partial charge in [0.25, 0.3) is 6.71 Å². The molecule has 0 atom stereocenters. The van der Waals surface area contributed by atoms with Crippen molar-refractivity contribution in [2.75, 3.05) is 0 Å². The second kappa shape index (κ2) is 9.03. The highest BCUT2D eigenvalue weighted by molar-refractivity contribution is 6.98. The van der Waals surface area contributed by atoms with Crippen LogP contribution >= 0.6 is 0 Å². The highest BCUT2D eigenvalue weighted by Crippen LogP contribution is 2.40. The second-order valence-corrected chi connectivity index (χ2v) is 10.6. The van der Waals surface area contributed by atoms with Crippen molar-refractivity contribution in [3.8, 4) is 56.4 Å². The van der Waals surface area contributed by atoms with Gasteiger partial charge in [0.05, 0.1) is 0 Å². The lowest BCUT2D eigenvalue weighted by Crippen LogP contribution is -2.57. The molecule has 0 N–H and O–H groups in total. The molecular weight excluding hydrogens is 487 g/mol. The topological polar surface area (TPSA) is 18.5 Å². The highest BCUT2D eigenvalue weighted by Gasteiger charge is 2.40. The maximum Gasteiger partial charge on any atom is 0.260 e. The molecule has 0 aliphatic carbocycles. The van der Waals surface area contributed by atoms with E-state index in [9.17, 15) is 0 Å². The van der Waals surface area contributed by atoms with Crippen LogP contribution in [-0.2, 0) is 0 Å². The van der Waals surface area contributed by atoms with Gasteiger partial charge in [0.15, 0.2) is 0 Å². The van der Waals surface area contributed by atoms with Crippen molar-refractivity contribution < 1.29 is 9.47 Å². The summed E-state index contributed by atoms with van der Waals surface area (Å²) in [6.07, 6.45) is 0. The van der Waals surface area contributed by atoms with E-state index in [1.54, 1.807) is 0 Å². The van der Waals surface area contributed by atoms with Crippen molar-refractivity contribution in [1.29, 1.82) is 0 Å². The van der Waals surface area contributed by atoms with Crippen LogP contribution in [0, 0.1) is 6.92 Å². The van der Waals surface area contributed by atoms with Crippen LogP contribution in [0.2, 0.25) is 0 Å². The molecule has 6 aromatic carbocycles. The normalized spacial score (nSPS) is 12.5. The first-order valence-electron chi connectivity index (χ1n) is 13.7. The fraction of sp³-hybridized carbons (Fsp3) is 0.0270. The Morgan fingerprint density at radius 1 is 0.425 bits per heavy atom. The van der Waals surface area contributed by atoms with Gasteiger partial charge in [-0.15, -0.1) is 0 Å². The second-order valence-electron chi connectivity index (χ2n) is 10.6. The summed E-state index contributed by atoms with van der Waals surface area (Å²) in [6, 6.07) is 47.0. The molecule has 8 rings (SSSR count). The summed E-state index contributed by atoms with van der Waals surface area (Å²) in [5.74, 6) is 3.50. The van der Waals surface area contributed by atoms with Gasteiger partial charge in [0.2, 0.25) is 0 Å². The van der Waals surface area contributed by atoms with Crippen LogP contribution in [0.3, 0.4) is 0 Å². The molecule has 0 amide bonds. The minimum absolute atomic E-state index is 0.0110. The third-order valence-electron chi connectivity index (χ3n) is 8.15. The smallest absolute Gasteiger partial charge is 0.260 e. The van der Waals surface area contributed by atoms with Gasteiger partial charge in [-0.1, -0.05) is 109 Å². The zero-order valence-electron chi connectivity index (χ0n) is 22.1. The lowest BCUT2D eigenvalue weighted by atomic mass is 9.34. The van der Waals surface area contributed by atoms with E-state index in [2.05, 4.69) is 134 Å². The Bertz CT molecular complexity index is 1910. The number of rotatable bonds is 3. The molecule has 0 bridgehead atoms. The molecule has 0 unspecified atom stereocenters. The largest absolute Gasteiger partial charge is 0.458 e. The summed E-state index contributed by atoms with van der Waals surface area (Å²) in [4.78, 5) is 0. The zero-order valence-corrected chi connectivity index (χ0v) is 22.1. The Morgan fingerprint density at radius 2 is 1.00 bits per heavy atom. The summed E-state index contributed by atoms with van der Waals surface area (Å²) in [5.41, 5.74) is 11.6. The fourth-order valence-electron chi connectivity index (χ4n) is 6.17. The van der Waals surface area contributed by atoms with Crippen LogP contribution in [0.15, 0.2) is 133 Å². The molecule has 2 nitrogen and oxygen atoms in total. The van der Waals surface area contributed by atoms with Crippen LogP contribution in [0.25, 0.3) is 33.4 Å². The van der Waals surface area contributed by atoms with Gasteiger partial charge < -0.3 is 9.47 Å². The van der Waals surface area contributed by atoms with Gasteiger partial charge in [-0.05, 0) is 81.1 Å². The maximum absolute atomic E-state index is 6.74. The summed E-state index contributed by atoms with van der Waals surface area (Å²) < 4.78 is 13.4. The lowest BCUT2D eigenvalue weighted by molar-refractivity contribution is 0.465. The van der Waals surface area contributed by atoms with Crippen LogP contribution in [0.4, 0.5) is 0 Å². The summed E-state index contributed by atoms with van der Waals surface area (Å²) in [7, 11) is 0. The number of hydrogen-bond acceptors (Lipinski definition) is 2. The number of benzene rings is 6. The average Bonchev–Trinajstić information content (AvgIpc) is 3.01. The molecule has 0 fully saturated rings. The van der Waals surface area contributed by atoms with E-state index in [1.807, 2.05) is 6.07 Å². The quantitative estimate of drug-likeness (QED) is 0.226. The van der Waals surface area contributed by atoms with E-state index in [-0.39, 0.29) is 6.71 Å². The van der Waals surface area contributed by atoms with E-state index in [0.29, 0.717) is 0 Å². The first-order chi connectivity index (χ1) is 19.7. The van der Waals surface area contributed by atoms with Crippen molar-refractivity contribution in [2.45, 2.75) is 6.92 Å². The van der Waals surface area contributed by atoms with Gasteiger partial charge in [-0.3, -0.25) is 0 Å². The number of aryl methyl sites for hydroxylation is 1. The number of fused-ring (bicyclic) bond motifs is 4. The maximum atomic E-state index is 6.74. The van der Waals surface area contributed by atoms with Crippen molar-refractivity contribution in [3.63, 3.8) is 0 Å². The molecule has 0 saturated carbocycles. The van der Waals surface area contributed by atoms with Gasteiger partial charge in [0, 0.05) is 5.46 Å². The Morgan fingerprint density at radius 3 is 1.70 bits per heavy atom. The lowest BCUT2D eigenvalue weighted by Gasteiger charge is -2.34. The van der Waals surface area contributed by atoms with Crippen molar-refractivity contribution >= 4 is 23.1 Å². The third-order valence-corrected chi connectivity index (χ3v) is 8.15. The predicted molar refractivity (Wildman–Crippen MR) is 165 cm³/mol. The van der Waals surface area contributed by atoms with Crippen LogP contribution < -0.4 is 25.9 Å². The van der Waals surface area contributed by atoms with E-state index in [4.69, 9.17) is 9.47 Å². The SMILES string of the molecule is Cc1ccccc1-c1cc2c3c(c1)Oc1ccc(-c4ccccc4)cc1B3c1ccc(-c3ccccc3)cc1O2. The van der Waals surface area contributed by atoms with Crippen LogP contribution in [-0.4, -0.2) is 6.71 Å². The summed E-state index contributed by atoms with van der Waals surface area (Å²) in [6.45, 7) is 2.16. The molecule has 0 saturated heterocycles. The Labute approximate surface area is 234 Å². The molecule has 6 aromatic rings. The first-order valence-corrected chi connectivity index (χ1v) is 13.7. The summed E-state index contributed by atoms with van der Waals surface area (Å²) in [5, 5.41) is 0. The van der Waals surface area contributed by atoms with Crippen molar-refractivity contribution in [1.82, 2.24) is 0 Å². The predicted octanol–water partition coefficient (Wildman–Crippen LogP) is 7.72. The monoisotopic (exact) mass is 512 g/mol. The van der Waals surface area contributed by atoms with Crippen molar-refractivity contribution in [2.24, 2.45) is 0 Å². The zero-order chi connectivity index (χ0) is 26.6. The fourth-order valence-corrected chi connectivity index (χ4v) is 6.17. The van der Waals surface area contributed by atoms with Crippen LogP contribution in [0.5, 0.6) is 23.0 Å². The standard InChI is InChI=1S/C37H25BO2/c1-24-10-8-9-15-30(24)29-22-35-37-36(23-29)40-34-21-28(26-13-6-3-7-14-26)16-18-31(34)38(37)32-20-27(17-19-33(32)39-35)25-11-4-2-5-12-25/h2-23H,1H3. The van der Waals surface area contributed by atoms with Gasteiger partial charge in [0.1, 0.15) is 23.0 Å². The van der Waals surface area contributed by atoms with Crippen molar-refractivity contribution in [3.05, 3.63) is 139 Å². The number of hydrogen-bond donors (Lipinski definition) is 0. The summed E-state index contributed by atoms with van der Waals surface area (Å²) >= 11 is 0. The number of ether oxygens (including phenoxy) is 2. The molecule has 3 heteroatoms. The highest BCUT2D eigenvalue weighted by atomic mass is 16.5. The molecule has 188 valence electrons. The third kappa shape index (κ3) is 3.66. The minimum Gasteiger partial charge on any atom is -0.458 e. The molecule has 2 heterocycles. The molecular formula is C37H25BO2. The molecule has 40 heavy (non-hydrogen) atoms. The van der Waals surface area contributed by atoms with E-state index < -0.39 is 0 Å². The first kappa shape index (κ1) is 22.9. The Kier molecular flexibility index (Phi) is 5.18. The molecule has 2 aliphatic rings. The van der Waals surface area contributed by atoms with E-state index >= 15 is 0 Å². The van der Waals surface area contributed by atoms with Crippen LogP contribution in [0.1, 0.15) is 5.56 Å². The Hall–Kier alpha value is -5.02.